The summed E-state index contributed by atoms with van der Waals surface area (Å²) in [5.41, 5.74) is 2.39. The van der Waals surface area contributed by atoms with Gasteiger partial charge in [-0.3, -0.25) is 9.97 Å². The molecule has 3 heterocycles. The molecule has 0 saturated heterocycles. The predicted molar refractivity (Wildman–Crippen MR) is 104 cm³/mol. The number of pyridine rings is 2. The highest BCUT2D eigenvalue weighted by Gasteiger charge is 2.12. The van der Waals surface area contributed by atoms with Gasteiger partial charge in [-0.2, -0.15) is 0 Å². The first-order valence-corrected chi connectivity index (χ1v) is 8.95. The van der Waals surface area contributed by atoms with Gasteiger partial charge in [0.2, 0.25) is 0 Å². The van der Waals surface area contributed by atoms with E-state index in [2.05, 4.69) is 44.4 Å². The molecule has 0 aliphatic rings. The summed E-state index contributed by atoms with van der Waals surface area (Å²) >= 11 is 0. The van der Waals surface area contributed by atoms with Crippen LogP contribution in [-0.2, 0) is 0 Å². The van der Waals surface area contributed by atoms with Crippen LogP contribution < -0.4 is 10.6 Å². The summed E-state index contributed by atoms with van der Waals surface area (Å²) in [6, 6.07) is 10.4. The molecule has 0 radical (unpaired) electrons. The van der Waals surface area contributed by atoms with Crippen LogP contribution in [0.2, 0.25) is 0 Å². The molecule has 3 rings (SSSR count). The molecule has 6 heteroatoms. The molecular weight excluding hydrogens is 324 g/mol. The zero-order chi connectivity index (χ0) is 18.2. The summed E-state index contributed by atoms with van der Waals surface area (Å²) in [5, 5.41) is 6.98. The third kappa shape index (κ3) is 4.53. The zero-order valence-corrected chi connectivity index (χ0v) is 15.1. The molecule has 0 bridgehead atoms. The van der Waals surface area contributed by atoms with E-state index in [-0.39, 0.29) is 12.1 Å². The van der Waals surface area contributed by atoms with Crippen molar-refractivity contribution in [2.75, 3.05) is 10.6 Å². The summed E-state index contributed by atoms with van der Waals surface area (Å²) in [6.07, 6.45) is 10.7. The fourth-order valence-corrected chi connectivity index (χ4v) is 2.91. The van der Waals surface area contributed by atoms with Gasteiger partial charge in [0.1, 0.15) is 18.0 Å². The van der Waals surface area contributed by atoms with E-state index in [1.807, 2.05) is 55.1 Å². The van der Waals surface area contributed by atoms with Crippen LogP contribution in [-0.4, -0.2) is 19.9 Å². The molecule has 6 nitrogen and oxygen atoms in total. The molecule has 2 atom stereocenters. The van der Waals surface area contributed by atoms with Crippen molar-refractivity contribution in [3.63, 3.8) is 0 Å². The summed E-state index contributed by atoms with van der Waals surface area (Å²) in [6.45, 7) is 4.30. The molecule has 2 unspecified atom stereocenters. The van der Waals surface area contributed by atoms with E-state index in [4.69, 9.17) is 0 Å². The van der Waals surface area contributed by atoms with Crippen LogP contribution in [0.3, 0.4) is 0 Å². The van der Waals surface area contributed by atoms with Crippen LogP contribution >= 0.6 is 0 Å². The second kappa shape index (κ2) is 8.89. The lowest BCUT2D eigenvalue weighted by molar-refractivity contribution is 0.735. The van der Waals surface area contributed by atoms with Crippen LogP contribution in [0.4, 0.5) is 11.6 Å². The molecule has 0 amide bonds. The van der Waals surface area contributed by atoms with Gasteiger partial charge < -0.3 is 10.6 Å². The van der Waals surface area contributed by atoms with Gasteiger partial charge in [-0.25, -0.2) is 9.97 Å². The third-order valence-corrected chi connectivity index (χ3v) is 4.34. The minimum Gasteiger partial charge on any atom is -0.363 e. The molecule has 0 aliphatic heterocycles. The van der Waals surface area contributed by atoms with Crippen LogP contribution in [0.15, 0.2) is 61.4 Å². The van der Waals surface area contributed by atoms with Gasteiger partial charge in [0, 0.05) is 30.9 Å². The maximum absolute atomic E-state index is 4.37. The van der Waals surface area contributed by atoms with E-state index in [9.17, 15) is 0 Å². The van der Waals surface area contributed by atoms with E-state index in [0.717, 1.165) is 24.5 Å². The Hall–Kier alpha value is -3.02. The minimum atomic E-state index is 0.183. The lowest BCUT2D eigenvalue weighted by Crippen LogP contribution is -2.13. The molecule has 26 heavy (non-hydrogen) atoms. The standard InChI is InChI=1S/C20H24N6/c1-3-17(15-5-9-21-10-6-15)25-19-13-20(24-14-23-19)26-18(4-2)16-7-11-22-12-8-16/h5-14,17-18H,3-4H2,1-2H3,(H2,23,24,25,26). The Kier molecular flexibility index (Phi) is 6.09. The van der Waals surface area contributed by atoms with Crippen LogP contribution in [0.5, 0.6) is 0 Å². The highest BCUT2D eigenvalue weighted by Crippen LogP contribution is 2.24. The molecule has 3 aromatic rings. The first kappa shape index (κ1) is 17.8. The van der Waals surface area contributed by atoms with Crippen LogP contribution in [0, 0.1) is 0 Å². The Labute approximate surface area is 154 Å². The molecule has 3 aromatic heterocycles. The quantitative estimate of drug-likeness (QED) is 0.629. The molecule has 2 N–H and O–H groups in total. The van der Waals surface area contributed by atoms with E-state index in [0.29, 0.717) is 0 Å². The second-order valence-electron chi connectivity index (χ2n) is 6.06. The van der Waals surface area contributed by atoms with Gasteiger partial charge in [-0.1, -0.05) is 13.8 Å². The molecule has 0 fully saturated rings. The minimum absolute atomic E-state index is 0.183. The summed E-state index contributed by atoms with van der Waals surface area (Å²) in [5.74, 6) is 1.60. The average molecular weight is 348 g/mol. The van der Waals surface area contributed by atoms with Crippen molar-refractivity contribution >= 4 is 11.6 Å². The Morgan fingerprint density at radius 1 is 0.731 bits per heavy atom. The molecule has 0 saturated carbocycles. The van der Waals surface area contributed by atoms with Crippen molar-refractivity contribution in [3.8, 4) is 0 Å². The summed E-state index contributed by atoms with van der Waals surface area (Å²) < 4.78 is 0. The fraction of sp³-hybridized carbons (Fsp3) is 0.300. The Balaban J connectivity index is 1.73. The number of hydrogen-bond acceptors (Lipinski definition) is 6. The average Bonchev–Trinajstić information content (AvgIpc) is 2.72. The molecule has 134 valence electrons. The first-order valence-electron chi connectivity index (χ1n) is 8.95. The summed E-state index contributed by atoms with van der Waals surface area (Å²) in [7, 11) is 0. The monoisotopic (exact) mass is 348 g/mol. The maximum atomic E-state index is 4.37. The number of aromatic nitrogens is 4. The van der Waals surface area contributed by atoms with Crippen molar-refractivity contribution in [2.45, 2.75) is 38.8 Å². The highest BCUT2D eigenvalue weighted by atomic mass is 15.1. The van der Waals surface area contributed by atoms with Gasteiger partial charge >= 0.3 is 0 Å². The SMILES string of the molecule is CCC(Nc1cc(NC(CC)c2ccncc2)ncn1)c1ccncc1. The number of anilines is 2. The summed E-state index contributed by atoms with van der Waals surface area (Å²) in [4.78, 5) is 16.9. The van der Waals surface area contributed by atoms with E-state index < -0.39 is 0 Å². The lowest BCUT2D eigenvalue weighted by atomic mass is 10.1. The van der Waals surface area contributed by atoms with Gasteiger partial charge in [-0.05, 0) is 48.2 Å². The first-order chi connectivity index (χ1) is 12.8. The van der Waals surface area contributed by atoms with Gasteiger partial charge in [0.15, 0.2) is 0 Å². The number of nitrogens with one attached hydrogen (secondary N) is 2. The normalized spacial score (nSPS) is 13.0. The fourth-order valence-electron chi connectivity index (χ4n) is 2.91. The molecule has 0 spiro atoms. The smallest absolute Gasteiger partial charge is 0.131 e. The Bertz CT molecular complexity index is 729. The van der Waals surface area contributed by atoms with Crippen molar-refractivity contribution in [2.24, 2.45) is 0 Å². The van der Waals surface area contributed by atoms with Crippen molar-refractivity contribution in [3.05, 3.63) is 72.6 Å². The largest absolute Gasteiger partial charge is 0.363 e. The van der Waals surface area contributed by atoms with Crippen molar-refractivity contribution in [1.82, 2.24) is 19.9 Å². The Morgan fingerprint density at radius 3 is 1.54 bits per heavy atom. The molecule has 0 aromatic carbocycles. The molecular formula is C20H24N6. The second-order valence-corrected chi connectivity index (χ2v) is 6.06. The zero-order valence-electron chi connectivity index (χ0n) is 15.1. The Morgan fingerprint density at radius 2 is 1.15 bits per heavy atom. The predicted octanol–water partition coefficient (Wildman–Crippen LogP) is 4.39. The van der Waals surface area contributed by atoms with E-state index in [1.165, 1.54) is 11.1 Å². The van der Waals surface area contributed by atoms with Gasteiger partial charge in [-0.15, -0.1) is 0 Å². The third-order valence-electron chi connectivity index (χ3n) is 4.34. The van der Waals surface area contributed by atoms with Crippen LogP contribution in [0.25, 0.3) is 0 Å². The maximum Gasteiger partial charge on any atom is 0.131 e. The van der Waals surface area contributed by atoms with Crippen LogP contribution in [0.1, 0.15) is 49.9 Å². The highest BCUT2D eigenvalue weighted by molar-refractivity contribution is 5.49. The lowest BCUT2D eigenvalue weighted by Gasteiger charge is -2.20. The van der Waals surface area contributed by atoms with Gasteiger partial charge in [0.05, 0.1) is 12.1 Å². The van der Waals surface area contributed by atoms with E-state index in [1.54, 1.807) is 6.33 Å². The molecule has 0 aliphatic carbocycles. The number of rotatable bonds is 8. The van der Waals surface area contributed by atoms with Crippen molar-refractivity contribution < 1.29 is 0 Å². The number of hydrogen-bond donors (Lipinski definition) is 2. The van der Waals surface area contributed by atoms with E-state index >= 15 is 0 Å². The topological polar surface area (TPSA) is 75.6 Å². The van der Waals surface area contributed by atoms with Gasteiger partial charge in [0.25, 0.3) is 0 Å². The number of nitrogens with zero attached hydrogens (tertiary/aromatic N) is 4. The van der Waals surface area contributed by atoms with Crippen molar-refractivity contribution in [1.29, 1.82) is 0 Å².